The van der Waals surface area contributed by atoms with Crippen molar-refractivity contribution >= 4 is 5.91 Å². The van der Waals surface area contributed by atoms with E-state index in [4.69, 9.17) is 9.47 Å². The highest BCUT2D eigenvalue weighted by molar-refractivity contribution is 5.78. The first-order chi connectivity index (χ1) is 11.2. The average Bonchev–Trinajstić information content (AvgIpc) is 2.59. The van der Waals surface area contributed by atoms with Gasteiger partial charge in [-0.25, -0.2) is 0 Å². The lowest BCUT2D eigenvalue weighted by atomic mass is 10.0. The summed E-state index contributed by atoms with van der Waals surface area (Å²) in [5.41, 5.74) is 0. The fraction of sp³-hybridized carbons (Fsp3) is 0.611. The number of hydrogen-bond donors (Lipinski definition) is 1. The Labute approximate surface area is 139 Å². The van der Waals surface area contributed by atoms with Crippen molar-refractivity contribution in [1.82, 2.24) is 10.2 Å². The normalized spacial score (nSPS) is 18.4. The highest BCUT2D eigenvalue weighted by Gasteiger charge is 2.22. The van der Waals surface area contributed by atoms with Crippen LogP contribution in [0.4, 0.5) is 0 Å². The molecule has 0 radical (unpaired) electrons. The van der Waals surface area contributed by atoms with Gasteiger partial charge in [-0.15, -0.1) is 0 Å². The molecule has 1 aromatic carbocycles. The van der Waals surface area contributed by atoms with Gasteiger partial charge in [0.05, 0.1) is 20.2 Å². The number of amides is 1. The molecule has 1 amide bonds. The van der Waals surface area contributed by atoms with Crippen molar-refractivity contribution in [3.8, 4) is 11.5 Å². The number of rotatable bonds is 8. The molecule has 23 heavy (non-hydrogen) atoms. The third kappa shape index (κ3) is 5.43. The van der Waals surface area contributed by atoms with Gasteiger partial charge < -0.3 is 14.8 Å². The van der Waals surface area contributed by atoms with E-state index in [1.54, 1.807) is 7.11 Å². The molecule has 2 rings (SSSR count). The van der Waals surface area contributed by atoms with E-state index in [0.29, 0.717) is 37.2 Å². The molecule has 1 unspecified atom stereocenters. The molecule has 1 fully saturated rings. The van der Waals surface area contributed by atoms with Crippen LogP contribution in [0.15, 0.2) is 24.3 Å². The van der Waals surface area contributed by atoms with Crippen LogP contribution in [0.2, 0.25) is 0 Å². The van der Waals surface area contributed by atoms with Crippen LogP contribution in [0.1, 0.15) is 32.6 Å². The maximum atomic E-state index is 12.1. The Balaban J connectivity index is 1.68. The number of hydrogen-bond acceptors (Lipinski definition) is 4. The summed E-state index contributed by atoms with van der Waals surface area (Å²) in [6, 6.07) is 8.07. The van der Waals surface area contributed by atoms with Crippen LogP contribution in [-0.2, 0) is 4.79 Å². The molecule has 0 aliphatic carbocycles. The van der Waals surface area contributed by atoms with Crippen molar-refractivity contribution in [2.45, 2.75) is 38.6 Å². The summed E-state index contributed by atoms with van der Waals surface area (Å²) in [5, 5.41) is 2.94. The van der Waals surface area contributed by atoms with Gasteiger partial charge in [0.2, 0.25) is 5.91 Å². The van der Waals surface area contributed by atoms with E-state index >= 15 is 0 Å². The monoisotopic (exact) mass is 320 g/mol. The van der Waals surface area contributed by atoms with Crippen LogP contribution in [-0.4, -0.2) is 50.2 Å². The topological polar surface area (TPSA) is 50.8 Å². The Morgan fingerprint density at radius 2 is 2.09 bits per heavy atom. The van der Waals surface area contributed by atoms with Crippen LogP contribution < -0.4 is 14.8 Å². The zero-order valence-corrected chi connectivity index (χ0v) is 14.2. The van der Waals surface area contributed by atoms with Gasteiger partial charge in [-0.3, -0.25) is 9.69 Å². The SMILES string of the molecule is CCC1CCCCN1CC(=O)NCCOc1ccccc1OC. The van der Waals surface area contributed by atoms with Crippen LogP contribution in [0.5, 0.6) is 11.5 Å². The molecule has 0 saturated carbocycles. The lowest BCUT2D eigenvalue weighted by molar-refractivity contribution is -0.123. The number of carbonyl (C=O) groups is 1. The molecule has 128 valence electrons. The van der Waals surface area contributed by atoms with E-state index in [-0.39, 0.29) is 5.91 Å². The van der Waals surface area contributed by atoms with Crippen molar-refractivity contribution in [3.63, 3.8) is 0 Å². The number of benzene rings is 1. The molecular formula is C18H28N2O3. The maximum absolute atomic E-state index is 12.1. The minimum Gasteiger partial charge on any atom is -0.493 e. The number of methoxy groups -OCH3 is 1. The smallest absolute Gasteiger partial charge is 0.234 e. The first-order valence-corrected chi connectivity index (χ1v) is 8.51. The standard InChI is InChI=1S/C18H28N2O3/c1-3-15-8-6-7-12-20(15)14-18(21)19-11-13-23-17-10-5-4-9-16(17)22-2/h4-5,9-10,15H,3,6-8,11-14H2,1-2H3,(H,19,21). The highest BCUT2D eigenvalue weighted by Crippen LogP contribution is 2.25. The number of para-hydroxylation sites is 2. The van der Waals surface area contributed by atoms with Gasteiger partial charge in [0.15, 0.2) is 11.5 Å². The van der Waals surface area contributed by atoms with Crippen molar-refractivity contribution < 1.29 is 14.3 Å². The van der Waals surface area contributed by atoms with E-state index in [9.17, 15) is 4.79 Å². The summed E-state index contributed by atoms with van der Waals surface area (Å²) >= 11 is 0. The zero-order chi connectivity index (χ0) is 16.5. The fourth-order valence-corrected chi connectivity index (χ4v) is 3.06. The summed E-state index contributed by atoms with van der Waals surface area (Å²) in [5.74, 6) is 1.48. The van der Waals surface area contributed by atoms with E-state index in [1.807, 2.05) is 24.3 Å². The summed E-state index contributed by atoms with van der Waals surface area (Å²) < 4.78 is 10.9. The molecule has 1 aliphatic rings. The van der Waals surface area contributed by atoms with Gasteiger partial charge in [0.1, 0.15) is 6.61 Å². The highest BCUT2D eigenvalue weighted by atomic mass is 16.5. The second kappa shape index (κ2) is 9.40. The Bertz CT molecular complexity index is 493. The summed E-state index contributed by atoms with van der Waals surface area (Å²) in [6.07, 6.45) is 4.80. The number of likely N-dealkylation sites (tertiary alicyclic amines) is 1. The molecule has 1 N–H and O–H groups in total. The summed E-state index contributed by atoms with van der Waals surface area (Å²) in [6.45, 7) is 4.66. The predicted molar refractivity (Wildman–Crippen MR) is 91.0 cm³/mol. The van der Waals surface area contributed by atoms with E-state index in [1.165, 1.54) is 19.3 Å². The van der Waals surface area contributed by atoms with Gasteiger partial charge in [-0.1, -0.05) is 25.5 Å². The third-order valence-corrected chi connectivity index (χ3v) is 4.32. The fourth-order valence-electron chi connectivity index (χ4n) is 3.06. The number of piperidine rings is 1. The number of nitrogens with one attached hydrogen (secondary N) is 1. The van der Waals surface area contributed by atoms with Gasteiger partial charge in [-0.05, 0) is 37.9 Å². The summed E-state index contributed by atoms with van der Waals surface area (Å²) in [4.78, 5) is 14.4. The van der Waals surface area contributed by atoms with E-state index in [2.05, 4.69) is 17.1 Å². The predicted octanol–water partition coefficient (Wildman–Crippen LogP) is 2.45. The van der Waals surface area contributed by atoms with Gasteiger partial charge in [0.25, 0.3) is 0 Å². The Hall–Kier alpha value is -1.75. The van der Waals surface area contributed by atoms with Crippen molar-refractivity contribution in [2.75, 3.05) is 33.4 Å². The molecule has 1 saturated heterocycles. The van der Waals surface area contributed by atoms with E-state index in [0.717, 1.165) is 13.0 Å². The minimum atomic E-state index is 0.0778. The number of carbonyl (C=O) groups excluding carboxylic acids is 1. The Morgan fingerprint density at radius 3 is 2.83 bits per heavy atom. The molecule has 0 aromatic heterocycles. The molecule has 1 aliphatic heterocycles. The molecule has 0 bridgehead atoms. The van der Waals surface area contributed by atoms with Gasteiger partial charge in [0, 0.05) is 6.04 Å². The average molecular weight is 320 g/mol. The molecule has 0 spiro atoms. The summed E-state index contributed by atoms with van der Waals surface area (Å²) in [7, 11) is 1.62. The van der Waals surface area contributed by atoms with Crippen LogP contribution >= 0.6 is 0 Å². The van der Waals surface area contributed by atoms with Crippen LogP contribution in [0.25, 0.3) is 0 Å². The molecule has 1 aromatic rings. The maximum Gasteiger partial charge on any atom is 0.234 e. The molecule has 1 heterocycles. The number of nitrogens with zero attached hydrogens (tertiary/aromatic N) is 1. The minimum absolute atomic E-state index is 0.0778. The Kier molecular flexibility index (Phi) is 7.20. The first-order valence-electron chi connectivity index (χ1n) is 8.51. The molecule has 5 nitrogen and oxygen atoms in total. The van der Waals surface area contributed by atoms with Crippen molar-refractivity contribution in [2.24, 2.45) is 0 Å². The molecular weight excluding hydrogens is 292 g/mol. The van der Waals surface area contributed by atoms with Crippen LogP contribution in [0, 0.1) is 0 Å². The zero-order valence-electron chi connectivity index (χ0n) is 14.2. The van der Waals surface area contributed by atoms with Crippen molar-refractivity contribution in [1.29, 1.82) is 0 Å². The van der Waals surface area contributed by atoms with Crippen molar-refractivity contribution in [3.05, 3.63) is 24.3 Å². The Morgan fingerprint density at radius 1 is 1.30 bits per heavy atom. The lowest BCUT2D eigenvalue weighted by Crippen LogP contribution is -2.45. The first kappa shape index (κ1) is 17.6. The molecule has 5 heteroatoms. The number of ether oxygens (including phenoxy) is 2. The van der Waals surface area contributed by atoms with E-state index < -0.39 is 0 Å². The molecule has 1 atom stereocenters. The largest absolute Gasteiger partial charge is 0.493 e. The second-order valence-electron chi connectivity index (χ2n) is 5.88. The van der Waals surface area contributed by atoms with Crippen LogP contribution in [0.3, 0.4) is 0 Å². The second-order valence-corrected chi connectivity index (χ2v) is 5.88. The quantitative estimate of drug-likeness (QED) is 0.748. The third-order valence-electron chi connectivity index (χ3n) is 4.32. The lowest BCUT2D eigenvalue weighted by Gasteiger charge is -2.34. The van der Waals surface area contributed by atoms with Gasteiger partial charge >= 0.3 is 0 Å². The van der Waals surface area contributed by atoms with Gasteiger partial charge in [-0.2, -0.15) is 0 Å².